The third-order valence-electron chi connectivity index (χ3n) is 6.05. The summed E-state index contributed by atoms with van der Waals surface area (Å²) in [6.45, 7) is 7.29. The van der Waals surface area contributed by atoms with Gasteiger partial charge >= 0.3 is 5.97 Å². The van der Waals surface area contributed by atoms with Crippen LogP contribution in [0.3, 0.4) is 0 Å². The molecule has 2 saturated heterocycles. The lowest BCUT2D eigenvalue weighted by molar-refractivity contribution is -0.141. The van der Waals surface area contributed by atoms with Crippen LogP contribution in [0.4, 0.5) is 4.39 Å². The number of methoxy groups -OCH3 is 1. The van der Waals surface area contributed by atoms with Gasteiger partial charge in [-0.1, -0.05) is 12.1 Å². The van der Waals surface area contributed by atoms with E-state index in [1.54, 1.807) is 0 Å². The van der Waals surface area contributed by atoms with Crippen LogP contribution >= 0.6 is 0 Å². The summed E-state index contributed by atoms with van der Waals surface area (Å²) in [5.74, 6) is 0.146. The van der Waals surface area contributed by atoms with Gasteiger partial charge in [0.05, 0.1) is 7.11 Å². The molecule has 0 spiro atoms. The second-order valence-corrected chi connectivity index (χ2v) is 7.93. The first-order valence-electron chi connectivity index (χ1n) is 10.0. The van der Waals surface area contributed by atoms with Gasteiger partial charge < -0.3 is 9.64 Å². The summed E-state index contributed by atoms with van der Waals surface area (Å²) in [7, 11) is 3.64. The predicted molar refractivity (Wildman–Crippen MR) is 104 cm³/mol. The number of carbonyl (C=O) groups excluding carboxylic acids is 1. The summed E-state index contributed by atoms with van der Waals surface area (Å²) in [6, 6.07) is 7.33. The lowest BCUT2D eigenvalue weighted by atomic mass is 9.86. The Balaban J connectivity index is 1.62. The highest BCUT2D eigenvalue weighted by Crippen LogP contribution is 2.28. The van der Waals surface area contributed by atoms with Crippen molar-refractivity contribution in [3.05, 3.63) is 35.6 Å². The highest BCUT2D eigenvalue weighted by molar-refractivity contribution is 5.69. The molecule has 0 bridgehead atoms. The van der Waals surface area contributed by atoms with Crippen LogP contribution in [-0.2, 0) is 16.1 Å². The number of hydrogen-bond acceptors (Lipinski definition) is 5. The SMILES string of the molecule is COC(=O)CC[C@H]1CN(Cc2ccc(F)cc2)CC[C@H]1N1CCN(C)CC1. The summed E-state index contributed by atoms with van der Waals surface area (Å²) in [5.41, 5.74) is 1.14. The molecule has 3 rings (SSSR count). The molecule has 1 aromatic carbocycles. The van der Waals surface area contributed by atoms with E-state index in [1.165, 1.54) is 19.2 Å². The molecule has 6 heteroatoms. The Bertz CT molecular complexity index is 602. The van der Waals surface area contributed by atoms with E-state index in [9.17, 15) is 9.18 Å². The lowest BCUT2D eigenvalue weighted by Crippen LogP contribution is -2.56. The van der Waals surface area contributed by atoms with E-state index in [0.29, 0.717) is 18.4 Å². The third-order valence-corrected chi connectivity index (χ3v) is 6.05. The molecule has 1 aromatic rings. The Hall–Kier alpha value is -1.50. The van der Waals surface area contributed by atoms with Crippen molar-refractivity contribution in [2.45, 2.75) is 31.8 Å². The number of halogens is 1. The summed E-state index contributed by atoms with van der Waals surface area (Å²) >= 11 is 0. The molecule has 2 fully saturated rings. The second-order valence-electron chi connectivity index (χ2n) is 7.93. The predicted octanol–water partition coefficient (Wildman–Crippen LogP) is 2.22. The number of likely N-dealkylation sites (tertiary alicyclic amines) is 1. The van der Waals surface area contributed by atoms with E-state index >= 15 is 0 Å². The van der Waals surface area contributed by atoms with E-state index in [2.05, 4.69) is 21.7 Å². The van der Waals surface area contributed by atoms with E-state index in [0.717, 1.165) is 64.2 Å². The Morgan fingerprint density at radius 1 is 1.15 bits per heavy atom. The second kappa shape index (κ2) is 9.62. The Morgan fingerprint density at radius 2 is 1.85 bits per heavy atom. The first kappa shape index (κ1) is 20.2. The van der Waals surface area contributed by atoms with Crippen molar-refractivity contribution in [3.8, 4) is 0 Å². The molecule has 0 N–H and O–H groups in total. The lowest BCUT2D eigenvalue weighted by Gasteiger charge is -2.46. The van der Waals surface area contributed by atoms with Crippen LogP contribution in [0.25, 0.3) is 0 Å². The molecule has 5 nitrogen and oxygen atoms in total. The average Bonchev–Trinajstić information content (AvgIpc) is 2.69. The molecule has 0 aliphatic carbocycles. The summed E-state index contributed by atoms with van der Waals surface area (Å²) in [5, 5.41) is 0. The maximum Gasteiger partial charge on any atom is 0.305 e. The molecule has 0 unspecified atom stereocenters. The van der Waals surface area contributed by atoms with Crippen LogP contribution in [0, 0.1) is 11.7 Å². The Labute approximate surface area is 162 Å². The van der Waals surface area contributed by atoms with Gasteiger partial charge in [-0.15, -0.1) is 0 Å². The zero-order valence-electron chi connectivity index (χ0n) is 16.6. The average molecular weight is 378 g/mol. The number of benzene rings is 1. The number of piperazine rings is 1. The molecule has 27 heavy (non-hydrogen) atoms. The standard InChI is InChI=1S/C21H32FN3O2/c1-23-11-13-25(14-12-23)20-9-10-24(15-17-3-6-19(22)7-4-17)16-18(20)5-8-21(26)27-2/h3-4,6-7,18,20H,5,8-16H2,1-2H3/t18-,20+/m0/s1. The fourth-order valence-corrected chi connectivity index (χ4v) is 4.41. The van der Waals surface area contributed by atoms with E-state index < -0.39 is 0 Å². The molecule has 2 aliphatic heterocycles. The molecule has 0 aromatic heterocycles. The van der Waals surface area contributed by atoms with Crippen molar-refractivity contribution in [1.82, 2.24) is 14.7 Å². The minimum atomic E-state index is -0.191. The van der Waals surface area contributed by atoms with Crippen molar-refractivity contribution in [2.75, 3.05) is 53.4 Å². The third kappa shape index (κ3) is 5.74. The number of likely N-dealkylation sites (N-methyl/N-ethyl adjacent to an activating group) is 1. The fraction of sp³-hybridized carbons (Fsp3) is 0.667. The molecular formula is C21H32FN3O2. The summed E-state index contributed by atoms with van der Waals surface area (Å²) in [6.07, 6.45) is 2.47. The maximum atomic E-state index is 13.2. The zero-order valence-corrected chi connectivity index (χ0v) is 16.6. The minimum absolute atomic E-state index is 0.122. The number of hydrogen-bond donors (Lipinski definition) is 0. The molecule has 0 amide bonds. The van der Waals surface area contributed by atoms with Crippen LogP contribution < -0.4 is 0 Å². The Morgan fingerprint density at radius 3 is 2.52 bits per heavy atom. The maximum absolute atomic E-state index is 13.2. The van der Waals surface area contributed by atoms with Gasteiger partial charge in [-0.3, -0.25) is 14.6 Å². The number of ether oxygens (including phenoxy) is 1. The van der Waals surface area contributed by atoms with Gasteiger partial charge in [-0.2, -0.15) is 0 Å². The van der Waals surface area contributed by atoms with Crippen molar-refractivity contribution in [3.63, 3.8) is 0 Å². The monoisotopic (exact) mass is 377 g/mol. The number of esters is 1. The van der Waals surface area contributed by atoms with Crippen LogP contribution in [0.1, 0.15) is 24.8 Å². The van der Waals surface area contributed by atoms with Gasteiger partial charge in [0.25, 0.3) is 0 Å². The largest absolute Gasteiger partial charge is 0.469 e. The molecule has 2 aliphatic rings. The van der Waals surface area contributed by atoms with Crippen LogP contribution in [-0.4, -0.2) is 80.1 Å². The smallest absolute Gasteiger partial charge is 0.305 e. The molecule has 0 saturated carbocycles. The normalized spacial score (nSPS) is 25.4. The first-order chi connectivity index (χ1) is 13.0. The molecule has 2 heterocycles. The number of nitrogens with zero attached hydrogens (tertiary/aromatic N) is 3. The molecule has 2 atom stereocenters. The number of piperidine rings is 1. The van der Waals surface area contributed by atoms with Gasteiger partial charge in [0.2, 0.25) is 0 Å². The van der Waals surface area contributed by atoms with Crippen LogP contribution in [0.2, 0.25) is 0 Å². The van der Waals surface area contributed by atoms with E-state index in [-0.39, 0.29) is 11.8 Å². The summed E-state index contributed by atoms with van der Waals surface area (Å²) < 4.78 is 18.0. The van der Waals surface area contributed by atoms with Gasteiger partial charge in [0, 0.05) is 51.7 Å². The summed E-state index contributed by atoms with van der Waals surface area (Å²) in [4.78, 5) is 19.1. The number of carbonyl (C=O) groups is 1. The quantitative estimate of drug-likeness (QED) is 0.711. The van der Waals surface area contributed by atoms with Crippen molar-refractivity contribution >= 4 is 5.97 Å². The van der Waals surface area contributed by atoms with Crippen molar-refractivity contribution in [2.24, 2.45) is 5.92 Å². The van der Waals surface area contributed by atoms with Crippen molar-refractivity contribution < 1.29 is 13.9 Å². The molecule has 0 radical (unpaired) electrons. The Kier molecular flexibility index (Phi) is 7.21. The first-order valence-corrected chi connectivity index (χ1v) is 10.0. The highest BCUT2D eigenvalue weighted by atomic mass is 19.1. The van der Waals surface area contributed by atoms with Crippen LogP contribution in [0.5, 0.6) is 0 Å². The van der Waals surface area contributed by atoms with E-state index in [4.69, 9.17) is 4.74 Å². The zero-order chi connectivity index (χ0) is 19.2. The van der Waals surface area contributed by atoms with Crippen molar-refractivity contribution in [1.29, 1.82) is 0 Å². The highest BCUT2D eigenvalue weighted by Gasteiger charge is 2.34. The van der Waals surface area contributed by atoms with Crippen LogP contribution in [0.15, 0.2) is 24.3 Å². The molecule has 150 valence electrons. The van der Waals surface area contributed by atoms with E-state index in [1.807, 2.05) is 12.1 Å². The van der Waals surface area contributed by atoms with Gasteiger partial charge in [0.15, 0.2) is 0 Å². The minimum Gasteiger partial charge on any atom is -0.469 e. The van der Waals surface area contributed by atoms with Gasteiger partial charge in [0.1, 0.15) is 5.82 Å². The number of rotatable bonds is 6. The molecular weight excluding hydrogens is 345 g/mol. The fourth-order valence-electron chi connectivity index (χ4n) is 4.41. The van der Waals surface area contributed by atoms with Gasteiger partial charge in [-0.05, 0) is 50.0 Å². The topological polar surface area (TPSA) is 36.0 Å². The van der Waals surface area contributed by atoms with Gasteiger partial charge in [-0.25, -0.2) is 4.39 Å².